The van der Waals surface area contributed by atoms with Crippen LogP contribution in [0.5, 0.6) is 0 Å². The van der Waals surface area contributed by atoms with Gasteiger partial charge in [-0.2, -0.15) is 11.8 Å². The summed E-state index contributed by atoms with van der Waals surface area (Å²) in [7, 11) is 0. The molecule has 4 heteroatoms. The molecule has 16 heavy (non-hydrogen) atoms. The number of nitrogens with zero attached hydrogens (tertiary/aromatic N) is 1. The standard InChI is InChI=1S/C12H22N2S2/c1-4-5-15-8-12-14-11(7-16-12)10(6-13)9(2)3/h7,9-10H,4-6,8,13H2,1-3H3. The fraction of sp³-hybridized carbons (Fsp3) is 0.750. The second kappa shape index (κ2) is 7.30. The van der Waals surface area contributed by atoms with Crippen LogP contribution >= 0.6 is 23.1 Å². The fourth-order valence-electron chi connectivity index (χ4n) is 1.60. The van der Waals surface area contributed by atoms with Gasteiger partial charge in [0.05, 0.1) is 5.69 Å². The minimum absolute atomic E-state index is 0.418. The number of hydrogen-bond donors (Lipinski definition) is 1. The van der Waals surface area contributed by atoms with Gasteiger partial charge in [0.15, 0.2) is 0 Å². The first-order valence-corrected chi connectivity index (χ1v) is 7.94. The summed E-state index contributed by atoms with van der Waals surface area (Å²) < 4.78 is 0. The van der Waals surface area contributed by atoms with Crippen molar-refractivity contribution in [3.05, 3.63) is 16.1 Å². The maximum absolute atomic E-state index is 5.80. The number of thioether (sulfide) groups is 1. The molecule has 92 valence electrons. The Morgan fingerprint density at radius 3 is 2.81 bits per heavy atom. The van der Waals surface area contributed by atoms with E-state index in [1.165, 1.54) is 22.9 Å². The van der Waals surface area contributed by atoms with Gasteiger partial charge in [0.25, 0.3) is 0 Å². The Kier molecular flexibility index (Phi) is 6.39. The third-order valence-electron chi connectivity index (χ3n) is 2.58. The number of aromatic nitrogens is 1. The summed E-state index contributed by atoms with van der Waals surface area (Å²) in [5, 5.41) is 3.42. The summed E-state index contributed by atoms with van der Waals surface area (Å²) in [5.41, 5.74) is 6.99. The summed E-state index contributed by atoms with van der Waals surface area (Å²) >= 11 is 3.74. The molecule has 0 saturated carbocycles. The highest BCUT2D eigenvalue weighted by Gasteiger charge is 2.17. The molecule has 0 fully saturated rings. The van der Waals surface area contributed by atoms with Crippen LogP contribution in [-0.2, 0) is 5.75 Å². The van der Waals surface area contributed by atoms with Gasteiger partial charge in [-0.3, -0.25) is 0 Å². The van der Waals surface area contributed by atoms with E-state index in [9.17, 15) is 0 Å². The van der Waals surface area contributed by atoms with Crippen molar-refractivity contribution in [1.82, 2.24) is 4.98 Å². The van der Waals surface area contributed by atoms with E-state index in [2.05, 4.69) is 26.2 Å². The Labute approximate surface area is 107 Å². The van der Waals surface area contributed by atoms with Crippen molar-refractivity contribution in [2.45, 2.75) is 38.9 Å². The molecule has 0 amide bonds. The smallest absolute Gasteiger partial charge is 0.103 e. The zero-order valence-corrected chi connectivity index (χ0v) is 12.0. The van der Waals surface area contributed by atoms with Gasteiger partial charge in [0.1, 0.15) is 5.01 Å². The molecule has 0 aromatic carbocycles. The molecule has 0 aliphatic rings. The van der Waals surface area contributed by atoms with Crippen molar-refractivity contribution < 1.29 is 0 Å². The van der Waals surface area contributed by atoms with E-state index in [0.717, 1.165) is 5.75 Å². The lowest BCUT2D eigenvalue weighted by atomic mass is 9.93. The lowest BCUT2D eigenvalue weighted by Gasteiger charge is -2.15. The minimum atomic E-state index is 0.418. The molecule has 1 heterocycles. The maximum atomic E-state index is 5.80. The largest absolute Gasteiger partial charge is 0.330 e. The highest BCUT2D eigenvalue weighted by Crippen LogP contribution is 2.26. The molecule has 2 nitrogen and oxygen atoms in total. The predicted molar refractivity (Wildman–Crippen MR) is 75.2 cm³/mol. The molecule has 0 spiro atoms. The van der Waals surface area contributed by atoms with Crippen LogP contribution < -0.4 is 5.73 Å². The first-order chi connectivity index (χ1) is 7.69. The van der Waals surface area contributed by atoms with Crippen molar-refractivity contribution in [2.24, 2.45) is 11.7 Å². The van der Waals surface area contributed by atoms with Crippen LogP contribution in [0.15, 0.2) is 5.38 Å². The van der Waals surface area contributed by atoms with Gasteiger partial charge >= 0.3 is 0 Å². The highest BCUT2D eigenvalue weighted by atomic mass is 32.2. The average Bonchev–Trinajstić information content (AvgIpc) is 2.67. The van der Waals surface area contributed by atoms with Crippen LogP contribution in [0.3, 0.4) is 0 Å². The molecule has 1 aromatic rings. The van der Waals surface area contributed by atoms with Crippen LogP contribution in [0, 0.1) is 5.92 Å². The third kappa shape index (κ3) is 4.07. The summed E-state index contributed by atoms with van der Waals surface area (Å²) in [6.07, 6.45) is 1.24. The molecule has 0 saturated heterocycles. The molecular weight excluding hydrogens is 236 g/mol. The Morgan fingerprint density at radius 1 is 1.50 bits per heavy atom. The zero-order chi connectivity index (χ0) is 12.0. The van der Waals surface area contributed by atoms with Crippen LogP contribution in [0.2, 0.25) is 0 Å². The van der Waals surface area contributed by atoms with E-state index >= 15 is 0 Å². The van der Waals surface area contributed by atoms with Gasteiger partial charge in [0.2, 0.25) is 0 Å². The van der Waals surface area contributed by atoms with Crippen LogP contribution in [0.4, 0.5) is 0 Å². The SMILES string of the molecule is CCCSCc1nc(C(CN)C(C)C)cs1. The van der Waals surface area contributed by atoms with Crippen LogP contribution in [0.1, 0.15) is 43.8 Å². The summed E-state index contributed by atoms with van der Waals surface area (Å²) in [6.45, 7) is 7.33. The van der Waals surface area contributed by atoms with Crippen LogP contribution in [-0.4, -0.2) is 17.3 Å². The molecule has 0 aliphatic carbocycles. The molecule has 1 aromatic heterocycles. The van der Waals surface area contributed by atoms with Crippen molar-refractivity contribution in [3.63, 3.8) is 0 Å². The summed E-state index contributed by atoms with van der Waals surface area (Å²) in [4.78, 5) is 4.69. The Morgan fingerprint density at radius 2 is 2.25 bits per heavy atom. The molecule has 1 atom stereocenters. The molecule has 1 unspecified atom stereocenters. The van der Waals surface area contributed by atoms with Gasteiger partial charge in [0, 0.05) is 23.6 Å². The average molecular weight is 258 g/mol. The van der Waals surface area contributed by atoms with E-state index in [1.54, 1.807) is 11.3 Å². The first kappa shape index (κ1) is 14.0. The fourth-order valence-corrected chi connectivity index (χ4v) is 3.44. The number of rotatable bonds is 7. The Bertz CT molecular complexity index is 297. The van der Waals surface area contributed by atoms with E-state index in [1.807, 2.05) is 11.8 Å². The monoisotopic (exact) mass is 258 g/mol. The normalized spacial score (nSPS) is 13.3. The second-order valence-electron chi connectivity index (χ2n) is 4.30. The number of hydrogen-bond acceptors (Lipinski definition) is 4. The summed E-state index contributed by atoms with van der Waals surface area (Å²) in [5.74, 6) is 3.26. The van der Waals surface area contributed by atoms with Gasteiger partial charge in [-0.05, 0) is 18.1 Å². The molecule has 2 N–H and O–H groups in total. The van der Waals surface area contributed by atoms with Gasteiger partial charge < -0.3 is 5.73 Å². The van der Waals surface area contributed by atoms with E-state index in [-0.39, 0.29) is 0 Å². The van der Waals surface area contributed by atoms with E-state index in [0.29, 0.717) is 18.4 Å². The molecule has 1 rings (SSSR count). The Hall–Kier alpha value is -0.0600. The summed E-state index contributed by atoms with van der Waals surface area (Å²) in [6, 6.07) is 0. The first-order valence-electron chi connectivity index (χ1n) is 5.91. The quantitative estimate of drug-likeness (QED) is 0.761. The lowest BCUT2D eigenvalue weighted by Crippen LogP contribution is -2.18. The highest BCUT2D eigenvalue weighted by molar-refractivity contribution is 7.98. The van der Waals surface area contributed by atoms with Gasteiger partial charge in [-0.1, -0.05) is 20.8 Å². The van der Waals surface area contributed by atoms with Crippen molar-refractivity contribution >= 4 is 23.1 Å². The number of thiazole rings is 1. The van der Waals surface area contributed by atoms with Gasteiger partial charge in [-0.15, -0.1) is 11.3 Å². The molecular formula is C12H22N2S2. The Balaban J connectivity index is 2.55. The molecule has 0 radical (unpaired) electrons. The molecule has 0 bridgehead atoms. The van der Waals surface area contributed by atoms with Crippen molar-refractivity contribution in [2.75, 3.05) is 12.3 Å². The van der Waals surface area contributed by atoms with Crippen molar-refractivity contribution in [1.29, 1.82) is 0 Å². The topological polar surface area (TPSA) is 38.9 Å². The van der Waals surface area contributed by atoms with E-state index in [4.69, 9.17) is 10.7 Å². The second-order valence-corrected chi connectivity index (χ2v) is 6.35. The van der Waals surface area contributed by atoms with Crippen molar-refractivity contribution in [3.8, 4) is 0 Å². The van der Waals surface area contributed by atoms with Crippen LogP contribution in [0.25, 0.3) is 0 Å². The molecule has 0 aliphatic heterocycles. The zero-order valence-electron chi connectivity index (χ0n) is 10.4. The lowest BCUT2D eigenvalue weighted by molar-refractivity contribution is 0.497. The third-order valence-corrected chi connectivity index (χ3v) is 4.81. The number of nitrogens with two attached hydrogens (primary N) is 1. The predicted octanol–water partition coefficient (Wildman–Crippen LogP) is 3.48. The van der Waals surface area contributed by atoms with Gasteiger partial charge in [-0.25, -0.2) is 4.98 Å². The maximum Gasteiger partial charge on any atom is 0.103 e. The minimum Gasteiger partial charge on any atom is -0.330 e. The van der Waals surface area contributed by atoms with E-state index < -0.39 is 0 Å².